The third-order valence-electron chi connectivity index (χ3n) is 4.30. The van der Waals surface area contributed by atoms with Gasteiger partial charge in [0.1, 0.15) is 15.6 Å². The summed E-state index contributed by atoms with van der Waals surface area (Å²) < 4.78 is 16.0. The summed E-state index contributed by atoms with van der Waals surface area (Å²) >= 11 is 0.984. The SMILES string of the molecule is CCOC(=O)c1c(NC(=O)COc2cccc(C(C)C)c2)sc(C(=O)OC(C)C)c1C. The Hall–Kier alpha value is -2.87. The largest absolute Gasteiger partial charge is 0.484 e. The number of ether oxygens (including phenoxy) is 3. The third kappa shape index (κ3) is 6.55. The van der Waals surface area contributed by atoms with Crippen LogP contribution in [-0.2, 0) is 14.3 Å². The summed E-state index contributed by atoms with van der Waals surface area (Å²) in [5.74, 6) is -0.699. The number of thiophene rings is 1. The fourth-order valence-corrected chi connectivity index (χ4v) is 3.88. The van der Waals surface area contributed by atoms with Gasteiger partial charge in [0.25, 0.3) is 5.91 Å². The zero-order valence-corrected chi connectivity index (χ0v) is 19.6. The molecule has 7 nitrogen and oxygen atoms in total. The minimum absolute atomic E-state index is 0.151. The third-order valence-corrected chi connectivity index (χ3v) is 5.49. The van der Waals surface area contributed by atoms with Crippen molar-refractivity contribution in [2.24, 2.45) is 0 Å². The van der Waals surface area contributed by atoms with Crippen molar-refractivity contribution in [1.82, 2.24) is 0 Å². The molecule has 0 unspecified atom stereocenters. The lowest BCUT2D eigenvalue weighted by Crippen LogP contribution is -2.21. The average molecular weight is 448 g/mol. The Bertz CT molecular complexity index is 948. The van der Waals surface area contributed by atoms with Crippen LogP contribution in [0.4, 0.5) is 5.00 Å². The molecule has 1 aromatic heterocycles. The topological polar surface area (TPSA) is 90.9 Å². The summed E-state index contributed by atoms with van der Waals surface area (Å²) in [5, 5.41) is 2.91. The van der Waals surface area contributed by atoms with E-state index in [2.05, 4.69) is 19.2 Å². The van der Waals surface area contributed by atoms with Crippen LogP contribution < -0.4 is 10.1 Å². The maximum absolute atomic E-state index is 12.5. The van der Waals surface area contributed by atoms with Gasteiger partial charge in [-0.25, -0.2) is 9.59 Å². The van der Waals surface area contributed by atoms with Gasteiger partial charge in [0.2, 0.25) is 0 Å². The number of carbonyl (C=O) groups excluding carboxylic acids is 3. The number of anilines is 1. The van der Waals surface area contributed by atoms with E-state index in [1.165, 1.54) is 0 Å². The fourth-order valence-electron chi connectivity index (χ4n) is 2.79. The molecule has 2 rings (SSSR count). The lowest BCUT2D eigenvalue weighted by molar-refractivity contribution is -0.118. The van der Waals surface area contributed by atoms with Crippen molar-refractivity contribution in [3.8, 4) is 5.75 Å². The summed E-state index contributed by atoms with van der Waals surface area (Å²) in [4.78, 5) is 37.6. The van der Waals surface area contributed by atoms with E-state index in [-0.39, 0.29) is 34.8 Å². The molecule has 31 heavy (non-hydrogen) atoms. The molecular weight excluding hydrogens is 418 g/mol. The first kappa shape index (κ1) is 24.4. The van der Waals surface area contributed by atoms with E-state index < -0.39 is 17.8 Å². The molecule has 1 N–H and O–H groups in total. The maximum atomic E-state index is 12.5. The lowest BCUT2D eigenvalue weighted by atomic mass is 10.0. The van der Waals surface area contributed by atoms with E-state index in [1.807, 2.05) is 18.2 Å². The molecule has 0 aliphatic heterocycles. The van der Waals surface area contributed by atoms with Crippen molar-refractivity contribution < 1.29 is 28.6 Å². The van der Waals surface area contributed by atoms with E-state index in [0.29, 0.717) is 17.2 Å². The monoisotopic (exact) mass is 447 g/mol. The standard InChI is InChI=1S/C23H29NO6S/c1-7-28-22(26)19-15(6)20(23(27)30-14(4)5)31-21(19)24-18(25)12-29-17-10-8-9-16(11-17)13(2)3/h8-11,13-14H,7,12H2,1-6H3,(H,24,25). The number of nitrogens with one attached hydrogen (secondary N) is 1. The molecule has 0 radical (unpaired) electrons. The lowest BCUT2D eigenvalue weighted by Gasteiger charge is -2.10. The van der Waals surface area contributed by atoms with Crippen molar-refractivity contribution in [3.63, 3.8) is 0 Å². The van der Waals surface area contributed by atoms with Crippen LogP contribution >= 0.6 is 11.3 Å². The van der Waals surface area contributed by atoms with Crippen LogP contribution in [0.5, 0.6) is 5.75 Å². The van der Waals surface area contributed by atoms with Crippen molar-refractivity contribution >= 4 is 34.2 Å². The van der Waals surface area contributed by atoms with Crippen LogP contribution in [0.3, 0.4) is 0 Å². The van der Waals surface area contributed by atoms with Crippen molar-refractivity contribution in [1.29, 1.82) is 0 Å². The highest BCUT2D eigenvalue weighted by Crippen LogP contribution is 2.34. The summed E-state index contributed by atoms with van der Waals surface area (Å²) in [6.07, 6.45) is -0.312. The van der Waals surface area contributed by atoms with E-state index in [4.69, 9.17) is 14.2 Å². The van der Waals surface area contributed by atoms with Crippen molar-refractivity contribution in [2.45, 2.75) is 53.6 Å². The summed E-state index contributed by atoms with van der Waals surface area (Å²) in [6.45, 7) is 10.9. The Morgan fingerprint density at radius 2 is 1.81 bits per heavy atom. The predicted molar refractivity (Wildman–Crippen MR) is 120 cm³/mol. The highest BCUT2D eigenvalue weighted by atomic mass is 32.1. The van der Waals surface area contributed by atoms with Gasteiger partial charge >= 0.3 is 11.9 Å². The molecule has 0 spiro atoms. The van der Waals surface area contributed by atoms with Gasteiger partial charge in [0.05, 0.1) is 18.3 Å². The molecular formula is C23H29NO6S. The van der Waals surface area contributed by atoms with Gasteiger partial charge in [-0.3, -0.25) is 4.79 Å². The first-order valence-corrected chi connectivity index (χ1v) is 11.0. The first-order valence-electron chi connectivity index (χ1n) is 10.2. The van der Waals surface area contributed by atoms with Gasteiger partial charge < -0.3 is 19.5 Å². The number of carbonyl (C=O) groups is 3. The Kier molecular flexibility index (Phi) is 8.62. The van der Waals surface area contributed by atoms with Gasteiger partial charge in [-0.05, 0) is 56.9 Å². The summed E-state index contributed by atoms with van der Waals surface area (Å²) in [5.41, 5.74) is 1.66. The van der Waals surface area contributed by atoms with Gasteiger partial charge in [0.15, 0.2) is 6.61 Å². The number of amides is 1. The summed E-state index contributed by atoms with van der Waals surface area (Å²) in [7, 11) is 0. The smallest absolute Gasteiger partial charge is 0.348 e. The van der Waals surface area contributed by atoms with Crippen LogP contribution in [0.25, 0.3) is 0 Å². The van der Waals surface area contributed by atoms with E-state index >= 15 is 0 Å². The minimum atomic E-state index is -0.610. The van der Waals surface area contributed by atoms with Crippen LogP contribution in [-0.4, -0.2) is 37.2 Å². The number of hydrogen-bond acceptors (Lipinski definition) is 7. The number of esters is 2. The predicted octanol–water partition coefficient (Wildman–Crippen LogP) is 4.94. The van der Waals surface area contributed by atoms with Crippen LogP contribution in [0.15, 0.2) is 24.3 Å². The quantitative estimate of drug-likeness (QED) is 0.548. The molecule has 2 aromatic rings. The van der Waals surface area contributed by atoms with E-state index in [9.17, 15) is 14.4 Å². The molecule has 0 fully saturated rings. The van der Waals surface area contributed by atoms with Gasteiger partial charge in [-0.2, -0.15) is 0 Å². The average Bonchev–Trinajstić information content (AvgIpc) is 3.02. The second-order valence-corrected chi connectivity index (χ2v) is 8.52. The van der Waals surface area contributed by atoms with Crippen molar-refractivity contribution in [3.05, 3.63) is 45.8 Å². The van der Waals surface area contributed by atoms with Crippen molar-refractivity contribution in [2.75, 3.05) is 18.5 Å². The highest BCUT2D eigenvalue weighted by molar-refractivity contribution is 7.18. The molecule has 168 valence electrons. The molecule has 1 heterocycles. The Morgan fingerprint density at radius 1 is 1.10 bits per heavy atom. The molecule has 0 aliphatic rings. The summed E-state index contributed by atoms with van der Waals surface area (Å²) in [6, 6.07) is 7.53. The molecule has 0 saturated heterocycles. The Morgan fingerprint density at radius 3 is 2.42 bits per heavy atom. The second kappa shape index (κ2) is 10.9. The molecule has 0 atom stereocenters. The highest BCUT2D eigenvalue weighted by Gasteiger charge is 2.27. The molecule has 0 aliphatic carbocycles. The van der Waals surface area contributed by atoms with E-state index in [0.717, 1.165) is 16.9 Å². The molecule has 0 bridgehead atoms. The number of hydrogen-bond donors (Lipinski definition) is 1. The van der Waals surface area contributed by atoms with Crippen LogP contribution in [0, 0.1) is 6.92 Å². The normalized spacial score (nSPS) is 10.8. The first-order chi connectivity index (χ1) is 14.6. The number of rotatable bonds is 9. The Labute approximate surface area is 186 Å². The second-order valence-electron chi connectivity index (χ2n) is 7.50. The van der Waals surface area contributed by atoms with Gasteiger partial charge in [-0.15, -0.1) is 11.3 Å². The molecule has 1 amide bonds. The van der Waals surface area contributed by atoms with Crippen LogP contribution in [0.2, 0.25) is 0 Å². The molecule has 8 heteroatoms. The van der Waals surface area contributed by atoms with Gasteiger partial charge in [-0.1, -0.05) is 26.0 Å². The number of benzene rings is 1. The fraction of sp³-hybridized carbons (Fsp3) is 0.435. The molecule has 1 aromatic carbocycles. The molecule has 0 saturated carbocycles. The minimum Gasteiger partial charge on any atom is -0.484 e. The van der Waals surface area contributed by atoms with Gasteiger partial charge in [0, 0.05) is 0 Å². The van der Waals surface area contributed by atoms with Crippen LogP contribution in [0.1, 0.15) is 71.7 Å². The Balaban J connectivity index is 2.20. The van der Waals surface area contributed by atoms with E-state index in [1.54, 1.807) is 33.8 Å². The zero-order chi connectivity index (χ0) is 23.1. The maximum Gasteiger partial charge on any atom is 0.348 e. The zero-order valence-electron chi connectivity index (χ0n) is 18.7.